The Morgan fingerprint density at radius 1 is 0.893 bits per heavy atom. The number of hydrogen-bond acceptors (Lipinski definition) is 18. The van der Waals surface area contributed by atoms with Crippen LogP contribution in [-0.2, 0) is 58.6 Å². The monoisotopic (exact) mass is 1060 g/mol. The van der Waals surface area contributed by atoms with Crippen LogP contribution in [0, 0.1) is 17.8 Å². The van der Waals surface area contributed by atoms with Crippen molar-refractivity contribution in [1.82, 2.24) is 19.8 Å². The normalized spacial score (nSPS) is 37.4. The fourth-order valence-corrected chi connectivity index (χ4v) is 12.1. The van der Waals surface area contributed by atoms with E-state index in [9.17, 15) is 34.2 Å². The Hall–Kier alpha value is -4.29. The molecule has 1 aromatic heterocycles. The molecule has 17 atom stereocenters. The number of carboxylic acids is 1. The molecule has 5 heterocycles. The van der Waals surface area contributed by atoms with Crippen molar-refractivity contribution in [3.05, 3.63) is 45.7 Å². The van der Waals surface area contributed by atoms with Gasteiger partial charge in [0.15, 0.2) is 24.0 Å². The van der Waals surface area contributed by atoms with Crippen molar-refractivity contribution in [3.8, 4) is 0 Å². The number of hydrogen-bond donors (Lipinski definition) is 3. The van der Waals surface area contributed by atoms with E-state index < -0.39 is 113 Å². The maximum atomic E-state index is 14.4. The first kappa shape index (κ1) is 58.4. The highest BCUT2D eigenvalue weighted by Crippen LogP contribution is 2.51. The van der Waals surface area contributed by atoms with Crippen LogP contribution in [0.2, 0.25) is 0 Å². The summed E-state index contributed by atoms with van der Waals surface area (Å²) < 4.78 is 59.5. The maximum absolute atomic E-state index is 14.4. The molecular weight excluding hydrogens is 975 g/mol. The van der Waals surface area contributed by atoms with Gasteiger partial charge in [-0.15, -0.1) is 0 Å². The molecule has 7 rings (SSSR count). The molecule has 1 aliphatic carbocycles. The topological polar surface area (TPSA) is 236 Å². The van der Waals surface area contributed by atoms with E-state index in [1.54, 1.807) is 50.8 Å². The van der Waals surface area contributed by atoms with Gasteiger partial charge >= 0.3 is 18.0 Å². The summed E-state index contributed by atoms with van der Waals surface area (Å²) in [5, 5.41) is 26.2. The fraction of sp³-hybridized carbons (Fsp3) is 0.759. The molecule has 420 valence electrons. The molecule has 1 amide bonds. The number of aliphatic hydroxyl groups is 1. The zero-order chi connectivity index (χ0) is 55.1. The van der Waals surface area contributed by atoms with Gasteiger partial charge in [-0.1, -0.05) is 19.9 Å². The number of carboxylic acid groups (broad SMARTS) is 1. The number of nitrogens with one attached hydrogen (secondary N) is 1. The predicted molar refractivity (Wildman–Crippen MR) is 275 cm³/mol. The van der Waals surface area contributed by atoms with E-state index in [-0.39, 0.29) is 42.8 Å². The number of ether oxygens (including phenoxy) is 9. The van der Waals surface area contributed by atoms with Gasteiger partial charge in [-0.2, -0.15) is 0 Å². The van der Waals surface area contributed by atoms with Crippen LogP contribution < -0.4 is 15.8 Å². The third-order valence-electron chi connectivity index (χ3n) is 16.6. The van der Waals surface area contributed by atoms with Crippen molar-refractivity contribution in [1.29, 1.82) is 0 Å². The summed E-state index contributed by atoms with van der Waals surface area (Å²) in [4.78, 5) is 70.6. The Balaban J connectivity index is 1.04. The Bertz CT molecular complexity index is 2440. The van der Waals surface area contributed by atoms with Crippen molar-refractivity contribution in [3.63, 3.8) is 0 Å². The summed E-state index contributed by atoms with van der Waals surface area (Å²) in [6, 6.07) is 4.28. The minimum absolute atomic E-state index is 0.120. The summed E-state index contributed by atoms with van der Waals surface area (Å²) in [7, 11) is 12.5. The molecule has 4 saturated heterocycles. The lowest BCUT2D eigenvalue weighted by molar-refractivity contribution is -0.321. The molecule has 21 nitrogen and oxygen atoms in total. The minimum atomic E-state index is -1.34. The largest absolute Gasteiger partial charge is 0.477 e. The van der Waals surface area contributed by atoms with Crippen LogP contribution in [0.3, 0.4) is 0 Å². The van der Waals surface area contributed by atoms with Crippen molar-refractivity contribution < 1.29 is 72.0 Å². The number of carbonyl (C=O) groups is 4. The van der Waals surface area contributed by atoms with Gasteiger partial charge in [-0.25, -0.2) is 9.59 Å². The second-order valence-corrected chi connectivity index (χ2v) is 22.7. The van der Waals surface area contributed by atoms with E-state index in [1.165, 1.54) is 13.3 Å². The zero-order valence-electron chi connectivity index (χ0n) is 46.4. The summed E-state index contributed by atoms with van der Waals surface area (Å²) in [6.45, 7) is 14.9. The number of alkyl carbamates (subject to hydrolysis) is 1. The molecule has 5 fully saturated rings. The van der Waals surface area contributed by atoms with Gasteiger partial charge in [-0.3, -0.25) is 19.1 Å². The molecule has 1 spiro atoms. The highest BCUT2D eigenvalue weighted by atomic mass is 16.7. The van der Waals surface area contributed by atoms with Crippen LogP contribution >= 0.6 is 0 Å². The highest BCUT2D eigenvalue weighted by molar-refractivity contribution is 5.94. The van der Waals surface area contributed by atoms with Crippen molar-refractivity contribution in [2.45, 2.75) is 178 Å². The van der Waals surface area contributed by atoms with Crippen LogP contribution in [0.15, 0.2) is 29.2 Å². The number of rotatable bonds is 18. The van der Waals surface area contributed by atoms with Crippen molar-refractivity contribution in [2.75, 3.05) is 74.2 Å². The number of ketones is 1. The summed E-state index contributed by atoms with van der Waals surface area (Å²) in [6.07, 6.45) is -3.33. The number of amides is 1. The van der Waals surface area contributed by atoms with Crippen LogP contribution in [0.5, 0.6) is 0 Å². The lowest BCUT2D eigenvalue weighted by Gasteiger charge is -2.50. The van der Waals surface area contributed by atoms with E-state index in [0.29, 0.717) is 36.8 Å². The Kier molecular flexibility index (Phi) is 18.2. The number of nitrogens with zero attached hydrogens (tertiary/aromatic N) is 4. The van der Waals surface area contributed by atoms with Crippen LogP contribution in [0.1, 0.15) is 103 Å². The molecule has 1 aromatic carbocycles. The Labute approximate surface area is 440 Å². The number of aromatic nitrogens is 1. The van der Waals surface area contributed by atoms with Crippen LogP contribution in [-0.4, -0.2) is 202 Å². The van der Waals surface area contributed by atoms with Crippen LogP contribution in [0.25, 0.3) is 10.9 Å². The van der Waals surface area contributed by atoms with Crippen molar-refractivity contribution >= 4 is 34.7 Å². The number of likely N-dealkylation sites (N-methyl/N-ethyl adjacent to an activating group) is 1. The van der Waals surface area contributed by atoms with Crippen LogP contribution in [0.4, 0.5) is 4.79 Å². The van der Waals surface area contributed by atoms with Gasteiger partial charge in [0.25, 0.3) is 0 Å². The lowest BCUT2D eigenvalue weighted by atomic mass is 9.76. The summed E-state index contributed by atoms with van der Waals surface area (Å²) in [5.41, 5.74) is -2.70. The van der Waals surface area contributed by atoms with E-state index in [0.717, 1.165) is 25.1 Å². The number of aromatic carboxylic acids is 1. The van der Waals surface area contributed by atoms with E-state index in [4.69, 9.17) is 42.6 Å². The van der Waals surface area contributed by atoms with E-state index in [1.807, 2.05) is 72.8 Å². The zero-order valence-corrected chi connectivity index (χ0v) is 46.4. The van der Waals surface area contributed by atoms with Gasteiger partial charge in [0, 0.05) is 83.8 Å². The third kappa shape index (κ3) is 12.2. The number of methoxy groups -OCH3 is 2. The molecule has 0 unspecified atom stereocenters. The number of benzene rings is 1. The smallest absolute Gasteiger partial charge is 0.408 e. The average molecular weight is 1060 g/mol. The average Bonchev–Trinajstić information content (AvgIpc) is 3.92. The fourth-order valence-electron chi connectivity index (χ4n) is 12.1. The molecule has 4 aliphatic heterocycles. The maximum Gasteiger partial charge on any atom is 0.408 e. The lowest BCUT2D eigenvalue weighted by Crippen LogP contribution is -2.61. The quantitative estimate of drug-likeness (QED) is 0.143. The Morgan fingerprint density at radius 3 is 2.23 bits per heavy atom. The first-order chi connectivity index (χ1) is 35.3. The van der Waals surface area contributed by atoms with Crippen molar-refractivity contribution in [2.24, 2.45) is 17.8 Å². The number of esters is 1. The minimum Gasteiger partial charge on any atom is -0.477 e. The molecule has 0 radical (unpaired) electrons. The highest BCUT2D eigenvalue weighted by Gasteiger charge is 2.72. The first-order valence-electron chi connectivity index (χ1n) is 26.5. The van der Waals surface area contributed by atoms with E-state index >= 15 is 0 Å². The van der Waals surface area contributed by atoms with Gasteiger partial charge in [-0.05, 0) is 112 Å². The molecule has 5 aliphatic rings. The third-order valence-corrected chi connectivity index (χ3v) is 16.6. The molecule has 1 saturated carbocycles. The molecule has 0 bridgehead atoms. The SMILES string of the molecule is CO[C@]1(C)C[C@@H](C)C(=O)[C@H]2NC(=O)O[C@@]23C[C@H]3OC(=O)[C@H](C)[C@@H](O[C@H]2C[C@@](C)(OC)[C@@H](OCCCN(C)CCCc3ccc4c(c3)c(=O)c(C(=O)O)cn4N(C)C)[C@H](C)O2)[C@H](C)[C@H]1O[C@@H]1O[C@H](C)C[C@H](N(C)C)[C@H]1O. The number of pyridine rings is 1. The number of carbonyl (C=O) groups excluding carboxylic acids is 3. The summed E-state index contributed by atoms with van der Waals surface area (Å²) >= 11 is 0. The van der Waals surface area contributed by atoms with E-state index in [2.05, 4.69) is 10.2 Å². The molecule has 3 N–H and O–H groups in total. The molecular formula is C54H83N5O16. The standard InChI is InChI=1S/C54H83N5O16/c1-29-25-52(6,67-13)46(74-50-43(62)38(56(8)9)23-30(2)70-50)31(3)44(32(4)49(65)72-39-26-54(39)45(41(29)60)55-51(66)75-54)73-40-27-53(7,68-14)47(33(5)71-40)69-22-16-21-58(12)20-15-17-34-18-19-37-35(24-34)42(61)36(48(63)64)28-59(37)57(10)11/h18-19,24,28-33,38-40,43-47,50,62H,15-17,20-23,25-27H2,1-14H3,(H,55,66)(H,63,64)/t29-,30-,31+,32-,33+,38+,39-,40+,43-,44+,45-,46-,47+,50+,52-,53-,54-/m1/s1. The molecule has 75 heavy (non-hydrogen) atoms. The Morgan fingerprint density at radius 2 is 1.57 bits per heavy atom. The second-order valence-electron chi connectivity index (χ2n) is 22.7. The number of Topliss-reactive ketones (excluding diaryl/α,β-unsaturated/α-hetero) is 1. The van der Waals surface area contributed by atoms with Gasteiger partial charge in [0.2, 0.25) is 5.43 Å². The number of aryl methyl sites for hydroxylation is 1. The second kappa shape index (κ2) is 23.4. The van der Waals surface area contributed by atoms with Gasteiger partial charge in [0.05, 0.1) is 47.1 Å². The summed E-state index contributed by atoms with van der Waals surface area (Å²) in [5.74, 6) is -4.56. The number of fused-ring (bicyclic) bond motifs is 1. The number of aliphatic hydroxyl groups excluding tert-OH is 1. The molecule has 21 heteroatoms. The van der Waals surface area contributed by atoms with Gasteiger partial charge in [0.1, 0.15) is 29.9 Å². The predicted octanol–water partition coefficient (Wildman–Crippen LogP) is 3.72. The molecule has 2 aromatic rings. The van der Waals surface area contributed by atoms with Gasteiger partial charge < -0.3 is 73.0 Å². The first-order valence-corrected chi connectivity index (χ1v) is 26.5.